The van der Waals surface area contributed by atoms with Crippen molar-refractivity contribution < 1.29 is 4.79 Å². The van der Waals surface area contributed by atoms with E-state index in [4.69, 9.17) is 0 Å². The van der Waals surface area contributed by atoms with Gasteiger partial charge in [0.15, 0.2) is 0 Å². The zero-order chi connectivity index (χ0) is 17.5. The Kier molecular flexibility index (Phi) is 6.12. The van der Waals surface area contributed by atoms with Gasteiger partial charge in [0.25, 0.3) is 0 Å². The Balaban J connectivity index is 1.74. The smallest absolute Gasteiger partial charge is 0.240 e. The molecule has 5 nitrogen and oxygen atoms in total. The maximum atomic E-state index is 13.1. The Hall–Kier alpha value is -2.27. The van der Waals surface area contributed by atoms with Crippen molar-refractivity contribution in [2.45, 2.75) is 44.7 Å². The largest absolute Gasteiger partial charge is 0.341 e. The van der Waals surface area contributed by atoms with Crippen LogP contribution in [0.1, 0.15) is 43.5 Å². The average molecular weight is 338 g/mol. The van der Waals surface area contributed by atoms with Gasteiger partial charge in [0.05, 0.1) is 11.7 Å². The predicted octanol–water partition coefficient (Wildman–Crippen LogP) is 2.75. The van der Waals surface area contributed by atoms with Crippen LogP contribution < -0.4 is 5.32 Å². The van der Waals surface area contributed by atoms with E-state index in [0.29, 0.717) is 6.42 Å². The molecule has 2 heterocycles. The molecule has 5 heteroatoms. The van der Waals surface area contributed by atoms with Gasteiger partial charge >= 0.3 is 0 Å². The first-order valence-electron chi connectivity index (χ1n) is 9.08. The summed E-state index contributed by atoms with van der Waals surface area (Å²) >= 11 is 0. The van der Waals surface area contributed by atoms with E-state index in [9.17, 15) is 4.79 Å². The van der Waals surface area contributed by atoms with Gasteiger partial charge < -0.3 is 4.90 Å². The minimum absolute atomic E-state index is 0.0313. The van der Waals surface area contributed by atoms with E-state index < -0.39 is 0 Å². The van der Waals surface area contributed by atoms with E-state index in [1.807, 2.05) is 30.0 Å². The maximum Gasteiger partial charge on any atom is 0.240 e. The molecule has 1 saturated heterocycles. The number of carbonyl (C=O) groups is 1. The van der Waals surface area contributed by atoms with E-state index in [2.05, 4.69) is 27.4 Å². The molecule has 1 amide bonds. The third kappa shape index (κ3) is 4.86. The lowest BCUT2D eigenvalue weighted by molar-refractivity contribution is -0.134. The predicted molar refractivity (Wildman–Crippen MR) is 97.9 cm³/mol. The van der Waals surface area contributed by atoms with Crippen molar-refractivity contribution in [3.63, 3.8) is 0 Å². The highest BCUT2D eigenvalue weighted by molar-refractivity contribution is 5.82. The third-order valence-electron chi connectivity index (χ3n) is 4.73. The van der Waals surface area contributed by atoms with Gasteiger partial charge in [-0.05, 0) is 38.2 Å². The zero-order valence-corrected chi connectivity index (χ0v) is 14.8. The quantitative estimate of drug-likeness (QED) is 0.880. The van der Waals surface area contributed by atoms with Crippen molar-refractivity contribution >= 4 is 5.91 Å². The molecule has 0 unspecified atom stereocenters. The molecule has 1 aromatic carbocycles. The molecular weight excluding hydrogens is 312 g/mol. The lowest BCUT2D eigenvalue weighted by Crippen LogP contribution is -2.50. The van der Waals surface area contributed by atoms with Crippen molar-refractivity contribution in [1.29, 1.82) is 0 Å². The van der Waals surface area contributed by atoms with Crippen molar-refractivity contribution in [3.8, 4) is 0 Å². The van der Waals surface area contributed by atoms with Crippen molar-refractivity contribution in [1.82, 2.24) is 20.2 Å². The van der Waals surface area contributed by atoms with E-state index in [0.717, 1.165) is 37.2 Å². The number of likely N-dealkylation sites (tertiary alicyclic amines) is 1. The number of aromatic nitrogens is 2. The van der Waals surface area contributed by atoms with Gasteiger partial charge in [-0.25, -0.2) is 0 Å². The summed E-state index contributed by atoms with van der Waals surface area (Å²) in [5.74, 6) is 0.194. The van der Waals surface area contributed by atoms with Crippen LogP contribution in [0.15, 0.2) is 48.9 Å². The number of hydrogen-bond donors (Lipinski definition) is 1. The topological polar surface area (TPSA) is 58.1 Å². The molecule has 2 atom stereocenters. The number of piperidine rings is 1. The first kappa shape index (κ1) is 17.5. The molecule has 1 aliphatic rings. The Labute approximate surface area is 149 Å². The first-order valence-corrected chi connectivity index (χ1v) is 9.08. The van der Waals surface area contributed by atoms with Gasteiger partial charge in [-0.2, -0.15) is 0 Å². The highest BCUT2D eigenvalue weighted by Gasteiger charge is 2.27. The summed E-state index contributed by atoms with van der Waals surface area (Å²) in [6.45, 7) is 3.77. The van der Waals surface area contributed by atoms with Crippen LogP contribution in [-0.2, 0) is 11.2 Å². The van der Waals surface area contributed by atoms with E-state index in [1.54, 1.807) is 18.6 Å². The SMILES string of the molecule is C[C@@H](N[C@H](Cc1ccccc1)C(=O)N1CCCCC1)c1cnccn1. The Bertz CT molecular complexity index is 656. The number of nitrogens with zero attached hydrogens (tertiary/aromatic N) is 3. The van der Waals surface area contributed by atoms with E-state index in [1.165, 1.54) is 6.42 Å². The molecule has 0 spiro atoms. The van der Waals surface area contributed by atoms with Gasteiger partial charge in [0.1, 0.15) is 0 Å². The average Bonchev–Trinajstić information content (AvgIpc) is 2.69. The molecular formula is C20H26N4O. The number of carbonyl (C=O) groups excluding carboxylic acids is 1. The maximum absolute atomic E-state index is 13.1. The van der Waals surface area contributed by atoms with E-state index >= 15 is 0 Å². The lowest BCUT2D eigenvalue weighted by Gasteiger charge is -2.32. The Morgan fingerprint density at radius 2 is 1.92 bits per heavy atom. The molecule has 25 heavy (non-hydrogen) atoms. The number of amides is 1. The van der Waals surface area contributed by atoms with Gasteiger partial charge in [-0.3, -0.25) is 20.1 Å². The molecule has 0 radical (unpaired) electrons. The fraction of sp³-hybridized carbons (Fsp3) is 0.450. The summed E-state index contributed by atoms with van der Waals surface area (Å²) in [4.78, 5) is 23.6. The monoisotopic (exact) mass is 338 g/mol. The summed E-state index contributed by atoms with van der Waals surface area (Å²) in [7, 11) is 0. The molecule has 1 aliphatic heterocycles. The molecule has 0 saturated carbocycles. The highest BCUT2D eigenvalue weighted by Crippen LogP contribution is 2.16. The Morgan fingerprint density at radius 1 is 1.16 bits per heavy atom. The van der Waals surface area contributed by atoms with Crippen molar-refractivity contribution in [2.24, 2.45) is 0 Å². The second-order valence-electron chi connectivity index (χ2n) is 6.65. The summed E-state index contributed by atoms with van der Waals surface area (Å²) in [5, 5.41) is 3.49. The third-order valence-corrected chi connectivity index (χ3v) is 4.73. The molecule has 1 N–H and O–H groups in total. The summed E-state index contributed by atoms with van der Waals surface area (Å²) in [5.41, 5.74) is 2.02. The van der Waals surface area contributed by atoms with Crippen LogP contribution in [0.25, 0.3) is 0 Å². The molecule has 2 aromatic rings. The van der Waals surface area contributed by atoms with E-state index in [-0.39, 0.29) is 18.0 Å². The second-order valence-corrected chi connectivity index (χ2v) is 6.65. The number of hydrogen-bond acceptors (Lipinski definition) is 4. The summed E-state index contributed by atoms with van der Waals surface area (Å²) in [6, 6.07) is 9.90. The fourth-order valence-corrected chi connectivity index (χ4v) is 3.32. The van der Waals surface area contributed by atoms with Crippen LogP contribution in [-0.4, -0.2) is 39.9 Å². The molecule has 132 valence electrons. The van der Waals surface area contributed by atoms with Crippen LogP contribution >= 0.6 is 0 Å². The molecule has 1 fully saturated rings. The first-order chi connectivity index (χ1) is 12.2. The van der Waals surface area contributed by atoms with Gasteiger partial charge in [-0.1, -0.05) is 30.3 Å². The minimum atomic E-state index is -0.252. The normalized spacial score (nSPS) is 17.1. The summed E-state index contributed by atoms with van der Waals surface area (Å²) < 4.78 is 0. The van der Waals surface area contributed by atoms with Crippen molar-refractivity contribution in [3.05, 3.63) is 60.2 Å². The molecule has 3 rings (SSSR count). The molecule has 0 aliphatic carbocycles. The molecule has 1 aromatic heterocycles. The van der Waals surface area contributed by atoms with Crippen LogP contribution in [0.4, 0.5) is 0 Å². The van der Waals surface area contributed by atoms with Crippen molar-refractivity contribution in [2.75, 3.05) is 13.1 Å². The number of nitrogens with one attached hydrogen (secondary N) is 1. The zero-order valence-electron chi connectivity index (χ0n) is 14.8. The van der Waals surface area contributed by atoms with Gasteiger partial charge in [-0.15, -0.1) is 0 Å². The lowest BCUT2D eigenvalue weighted by atomic mass is 10.0. The van der Waals surface area contributed by atoms with Gasteiger partial charge in [0.2, 0.25) is 5.91 Å². The summed E-state index contributed by atoms with van der Waals surface area (Å²) in [6.07, 6.45) is 9.20. The Morgan fingerprint density at radius 3 is 2.60 bits per heavy atom. The standard InChI is InChI=1S/C20H26N4O/c1-16(19-15-21-10-11-22-19)23-18(14-17-8-4-2-5-9-17)20(25)24-12-6-3-7-13-24/h2,4-5,8-11,15-16,18,23H,3,6-7,12-14H2,1H3/t16-,18-/m1/s1. The number of benzene rings is 1. The van der Waals surface area contributed by atoms with Crippen LogP contribution in [0, 0.1) is 0 Å². The second kappa shape index (κ2) is 8.72. The minimum Gasteiger partial charge on any atom is -0.341 e. The molecule has 0 bridgehead atoms. The van der Waals surface area contributed by atoms with Crippen LogP contribution in [0.3, 0.4) is 0 Å². The fourth-order valence-electron chi connectivity index (χ4n) is 3.32. The number of rotatable bonds is 6. The van der Waals surface area contributed by atoms with Crippen LogP contribution in [0.5, 0.6) is 0 Å². The van der Waals surface area contributed by atoms with Crippen LogP contribution in [0.2, 0.25) is 0 Å². The highest BCUT2D eigenvalue weighted by atomic mass is 16.2. The van der Waals surface area contributed by atoms with Gasteiger partial charge in [0, 0.05) is 37.7 Å².